The van der Waals surface area contributed by atoms with E-state index in [9.17, 15) is 17.6 Å². The first-order valence-corrected chi connectivity index (χ1v) is 12.5. The number of amides is 1. The molecule has 0 saturated carbocycles. The van der Waals surface area contributed by atoms with Crippen molar-refractivity contribution in [3.63, 3.8) is 0 Å². The third kappa shape index (κ3) is 5.26. The second-order valence-electron chi connectivity index (χ2n) is 7.26. The summed E-state index contributed by atoms with van der Waals surface area (Å²) in [5.74, 6) is 0.469. The molecule has 0 unspecified atom stereocenters. The summed E-state index contributed by atoms with van der Waals surface area (Å²) < 4.78 is 51.8. The highest BCUT2D eigenvalue weighted by Crippen LogP contribution is 2.26. The SMILES string of the molecule is O=C(CCc1ccc(-c2ccccc2F)o1)NCc1ccc(S(=O)(=O)N2CCOCC2)s1. The van der Waals surface area contributed by atoms with Crippen LogP contribution in [0.2, 0.25) is 0 Å². The summed E-state index contributed by atoms with van der Waals surface area (Å²) in [4.78, 5) is 13.0. The molecule has 2 aromatic heterocycles. The van der Waals surface area contributed by atoms with Gasteiger partial charge in [0.05, 0.1) is 25.3 Å². The van der Waals surface area contributed by atoms with E-state index in [1.807, 2.05) is 0 Å². The van der Waals surface area contributed by atoms with E-state index in [1.54, 1.807) is 42.5 Å². The molecule has 3 heterocycles. The highest BCUT2D eigenvalue weighted by Gasteiger charge is 2.27. The normalized spacial score (nSPS) is 15.0. The predicted octanol–water partition coefficient (Wildman–Crippen LogP) is 3.42. The Morgan fingerprint density at radius 1 is 1.09 bits per heavy atom. The second kappa shape index (κ2) is 9.95. The van der Waals surface area contributed by atoms with Crippen LogP contribution in [0.15, 0.2) is 57.2 Å². The summed E-state index contributed by atoms with van der Waals surface area (Å²) in [6.07, 6.45) is 0.579. The molecule has 0 spiro atoms. The maximum atomic E-state index is 13.9. The summed E-state index contributed by atoms with van der Waals surface area (Å²) in [6, 6.07) is 13.1. The number of halogens is 1. The first kappa shape index (κ1) is 22.7. The predicted molar refractivity (Wildman–Crippen MR) is 118 cm³/mol. The van der Waals surface area contributed by atoms with Gasteiger partial charge in [0.25, 0.3) is 10.0 Å². The van der Waals surface area contributed by atoms with E-state index in [1.165, 1.54) is 10.4 Å². The molecule has 0 bridgehead atoms. The maximum Gasteiger partial charge on any atom is 0.252 e. The molecule has 1 N–H and O–H groups in total. The van der Waals surface area contributed by atoms with Crippen molar-refractivity contribution in [2.45, 2.75) is 23.6 Å². The van der Waals surface area contributed by atoms with Crippen molar-refractivity contribution >= 4 is 27.3 Å². The van der Waals surface area contributed by atoms with Crippen LogP contribution >= 0.6 is 11.3 Å². The van der Waals surface area contributed by atoms with Crippen molar-refractivity contribution in [2.75, 3.05) is 26.3 Å². The van der Waals surface area contributed by atoms with E-state index < -0.39 is 10.0 Å². The number of hydrogen-bond acceptors (Lipinski definition) is 6. The summed E-state index contributed by atoms with van der Waals surface area (Å²) in [6.45, 7) is 1.73. The molecule has 1 aliphatic heterocycles. The van der Waals surface area contributed by atoms with E-state index in [-0.39, 0.29) is 28.9 Å². The van der Waals surface area contributed by atoms with Crippen molar-refractivity contribution < 1.29 is 26.8 Å². The van der Waals surface area contributed by atoms with Crippen molar-refractivity contribution in [3.8, 4) is 11.3 Å². The average molecular weight is 479 g/mol. The largest absolute Gasteiger partial charge is 0.461 e. The number of aryl methyl sites for hydroxylation is 1. The summed E-state index contributed by atoms with van der Waals surface area (Å²) in [5, 5.41) is 2.80. The number of ether oxygens (including phenoxy) is 1. The number of morpholine rings is 1. The van der Waals surface area contributed by atoms with Gasteiger partial charge in [-0.15, -0.1) is 11.3 Å². The molecule has 1 fully saturated rings. The van der Waals surface area contributed by atoms with E-state index in [4.69, 9.17) is 9.15 Å². The molecule has 1 aromatic carbocycles. The molecule has 1 saturated heterocycles. The fraction of sp³-hybridized carbons (Fsp3) is 0.318. The summed E-state index contributed by atoms with van der Waals surface area (Å²) in [5.41, 5.74) is 0.378. The third-order valence-corrected chi connectivity index (χ3v) is 8.51. The Morgan fingerprint density at radius 2 is 1.88 bits per heavy atom. The minimum atomic E-state index is -3.53. The zero-order valence-electron chi connectivity index (χ0n) is 17.3. The molecule has 0 atom stereocenters. The Balaban J connectivity index is 1.27. The smallest absolute Gasteiger partial charge is 0.252 e. The molecular weight excluding hydrogens is 455 g/mol. The number of thiophene rings is 1. The van der Waals surface area contributed by atoms with Crippen LogP contribution in [0.25, 0.3) is 11.3 Å². The fourth-order valence-electron chi connectivity index (χ4n) is 3.33. The Hall–Kier alpha value is -2.53. The lowest BCUT2D eigenvalue weighted by molar-refractivity contribution is -0.121. The average Bonchev–Trinajstić information content (AvgIpc) is 3.47. The van der Waals surface area contributed by atoms with Gasteiger partial charge in [0, 0.05) is 30.8 Å². The standard InChI is InChI=1S/C22H23FN2O5S2/c23-19-4-2-1-3-18(19)20-8-5-16(30-20)6-9-21(26)24-15-17-7-10-22(31-17)32(27,28)25-11-13-29-14-12-25/h1-5,7-8,10H,6,9,11-15H2,(H,24,26). The number of nitrogens with zero attached hydrogens (tertiary/aromatic N) is 1. The Bertz CT molecular complexity index is 1180. The highest BCUT2D eigenvalue weighted by atomic mass is 32.2. The topological polar surface area (TPSA) is 88.8 Å². The van der Waals surface area contributed by atoms with Crippen LogP contribution in [-0.2, 0) is 32.5 Å². The van der Waals surface area contributed by atoms with Crippen LogP contribution in [0.4, 0.5) is 4.39 Å². The van der Waals surface area contributed by atoms with Gasteiger partial charge in [-0.3, -0.25) is 4.79 Å². The van der Waals surface area contributed by atoms with Crippen molar-refractivity contribution in [1.29, 1.82) is 0 Å². The number of rotatable bonds is 8. The van der Waals surface area contributed by atoms with E-state index >= 15 is 0 Å². The molecular formula is C22H23FN2O5S2. The lowest BCUT2D eigenvalue weighted by atomic mass is 10.1. The Kier molecular flexibility index (Phi) is 7.04. The van der Waals surface area contributed by atoms with E-state index in [0.717, 1.165) is 16.2 Å². The summed E-state index contributed by atoms with van der Waals surface area (Å²) in [7, 11) is -3.53. The van der Waals surface area contributed by atoms with Crippen molar-refractivity contribution in [1.82, 2.24) is 9.62 Å². The molecule has 10 heteroatoms. The first-order chi connectivity index (χ1) is 15.4. The number of carbonyl (C=O) groups excluding carboxylic acids is 1. The monoisotopic (exact) mass is 478 g/mol. The Labute approximate surface area is 189 Å². The molecule has 3 aromatic rings. The van der Waals surface area contributed by atoms with Crippen molar-refractivity contribution in [3.05, 3.63) is 65.0 Å². The van der Waals surface area contributed by atoms with Gasteiger partial charge < -0.3 is 14.5 Å². The van der Waals surface area contributed by atoms with Gasteiger partial charge in [0.1, 0.15) is 21.5 Å². The van der Waals surface area contributed by atoms with Crippen LogP contribution in [0.3, 0.4) is 0 Å². The zero-order valence-corrected chi connectivity index (χ0v) is 18.9. The zero-order chi connectivity index (χ0) is 22.6. The molecule has 1 amide bonds. The number of furan rings is 1. The third-order valence-electron chi connectivity index (χ3n) is 5.06. The van der Waals surface area contributed by atoms with Crippen molar-refractivity contribution in [2.24, 2.45) is 0 Å². The van der Waals surface area contributed by atoms with Gasteiger partial charge >= 0.3 is 0 Å². The van der Waals surface area contributed by atoms with Gasteiger partial charge in [0.2, 0.25) is 5.91 Å². The Morgan fingerprint density at radius 3 is 2.66 bits per heavy atom. The lowest BCUT2D eigenvalue weighted by Crippen LogP contribution is -2.40. The number of benzene rings is 1. The molecule has 0 aliphatic carbocycles. The van der Waals surface area contributed by atoms with Crippen LogP contribution in [0.1, 0.15) is 17.1 Å². The fourth-order valence-corrected chi connectivity index (χ4v) is 6.19. The first-order valence-electron chi connectivity index (χ1n) is 10.2. The molecule has 1 aliphatic rings. The summed E-state index contributed by atoms with van der Waals surface area (Å²) >= 11 is 1.15. The molecule has 4 rings (SSSR count). The van der Waals surface area contributed by atoms with Crippen LogP contribution < -0.4 is 5.32 Å². The van der Waals surface area contributed by atoms with Crippen LogP contribution in [0.5, 0.6) is 0 Å². The molecule has 7 nitrogen and oxygen atoms in total. The van der Waals surface area contributed by atoms with Gasteiger partial charge in [-0.05, 0) is 36.4 Å². The quantitative estimate of drug-likeness (QED) is 0.536. The van der Waals surface area contributed by atoms with Gasteiger partial charge in [-0.2, -0.15) is 4.31 Å². The number of carbonyl (C=O) groups is 1. The number of nitrogens with one attached hydrogen (secondary N) is 1. The van der Waals surface area contributed by atoms with E-state index in [0.29, 0.717) is 49.8 Å². The molecule has 32 heavy (non-hydrogen) atoms. The van der Waals surface area contributed by atoms with E-state index in [2.05, 4.69) is 5.32 Å². The second-order valence-corrected chi connectivity index (χ2v) is 10.6. The van der Waals surface area contributed by atoms with Gasteiger partial charge in [-0.1, -0.05) is 12.1 Å². The van der Waals surface area contributed by atoms with Gasteiger partial charge in [0.15, 0.2) is 0 Å². The molecule has 170 valence electrons. The number of sulfonamides is 1. The van der Waals surface area contributed by atoms with Gasteiger partial charge in [-0.25, -0.2) is 12.8 Å². The minimum absolute atomic E-state index is 0.181. The van der Waals surface area contributed by atoms with Crippen LogP contribution in [-0.4, -0.2) is 44.9 Å². The minimum Gasteiger partial charge on any atom is -0.461 e. The van der Waals surface area contributed by atoms with Crippen LogP contribution in [0, 0.1) is 5.82 Å². The highest BCUT2D eigenvalue weighted by molar-refractivity contribution is 7.91. The lowest BCUT2D eigenvalue weighted by Gasteiger charge is -2.25. The maximum absolute atomic E-state index is 13.9. The molecule has 0 radical (unpaired) electrons. The number of hydrogen-bond donors (Lipinski definition) is 1.